The molecule has 0 amide bonds. The van der Waals surface area contributed by atoms with E-state index in [0.717, 1.165) is 25.9 Å². The lowest BCUT2D eigenvalue weighted by atomic mass is 10.2. The van der Waals surface area contributed by atoms with Crippen LogP contribution in [-0.2, 0) is 6.42 Å². The molecule has 0 aliphatic carbocycles. The Morgan fingerprint density at radius 3 is 3.00 bits per heavy atom. The lowest BCUT2D eigenvalue weighted by Crippen LogP contribution is -2.43. The fourth-order valence-corrected chi connectivity index (χ4v) is 1.83. The number of nitrogens with two attached hydrogens (primary N) is 1. The molecule has 0 atom stereocenters. The third-order valence-electron chi connectivity index (χ3n) is 2.71. The Labute approximate surface area is 126 Å². The van der Waals surface area contributed by atoms with Crippen LogP contribution in [-0.4, -0.2) is 29.1 Å². The van der Waals surface area contributed by atoms with E-state index in [-0.39, 0.29) is 0 Å². The Bertz CT molecular complexity index is 419. The van der Waals surface area contributed by atoms with Crippen molar-refractivity contribution in [3.05, 3.63) is 30.1 Å². The third kappa shape index (κ3) is 7.68. The number of rotatable bonds is 7. The molecule has 0 saturated heterocycles. The van der Waals surface area contributed by atoms with E-state index in [1.165, 1.54) is 18.4 Å². The Balaban J connectivity index is 2.16. The van der Waals surface area contributed by atoms with E-state index in [9.17, 15) is 0 Å². The number of thiocarbonyl (C=S) groups is 1. The smallest absolute Gasteiger partial charge is 0.194 e. The lowest BCUT2D eigenvalue weighted by molar-refractivity contribution is 0.726. The standard InChI is InChI=1S/C14H23N5S/c1-2-3-4-9-17-13(15)19-14(20)18-10-7-12-6-5-8-16-11-12/h5-6,8,11H,2-4,7,9-10H2,1H3,(H4,15,17,18,19,20). The summed E-state index contributed by atoms with van der Waals surface area (Å²) in [4.78, 5) is 8.28. The van der Waals surface area contributed by atoms with E-state index in [4.69, 9.17) is 18.0 Å². The summed E-state index contributed by atoms with van der Waals surface area (Å²) in [5.74, 6) is 0.375. The second-order valence-electron chi connectivity index (χ2n) is 4.47. The average Bonchev–Trinajstić information content (AvgIpc) is 2.45. The average molecular weight is 293 g/mol. The molecule has 6 heteroatoms. The lowest BCUT2D eigenvalue weighted by Gasteiger charge is -2.09. The molecule has 0 bridgehead atoms. The third-order valence-corrected chi connectivity index (χ3v) is 2.95. The van der Waals surface area contributed by atoms with Crippen molar-refractivity contribution in [2.45, 2.75) is 32.6 Å². The molecule has 110 valence electrons. The van der Waals surface area contributed by atoms with E-state index in [1.54, 1.807) is 6.20 Å². The summed E-state index contributed by atoms with van der Waals surface area (Å²) in [6.45, 7) is 3.64. The minimum absolute atomic E-state index is 0.375. The van der Waals surface area contributed by atoms with Crippen LogP contribution in [0.1, 0.15) is 31.7 Å². The Kier molecular flexibility index (Phi) is 8.30. The highest BCUT2D eigenvalue weighted by atomic mass is 32.1. The SMILES string of the molecule is CCCCCN=C(N)NC(=S)NCCc1cccnc1. The second kappa shape index (κ2) is 10.1. The zero-order valence-electron chi connectivity index (χ0n) is 11.9. The highest BCUT2D eigenvalue weighted by molar-refractivity contribution is 7.80. The van der Waals surface area contributed by atoms with Gasteiger partial charge in [0, 0.05) is 25.5 Å². The van der Waals surface area contributed by atoms with Crippen LogP contribution in [0.4, 0.5) is 0 Å². The molecule has 0 saturated carbocycles. The van der Waals surface area contributed by atoms with Crippen molar-refractivity contribution in [1.82, 2.24) is 15.6 Å². The summed E-state index contributed by atoms with van der Waals surface area (Å²) in [5, 5.41) is 6.48. The number of aliphatic imine (C=N–C) groups is 1. The van der Waals surface area contributed by atoms with Crippen molar-refractivity contribution in [2.24, 2.45) is 10.7 Å². The first kappa shape index (κ1) is 16.4. The van der Waals surface area contributed by atoms with Crippen LogP contribution >= 0.6 is 12.2 Å². The summed E-state index contributed by atoms with van der Waals surface area (Å²) < 4.78 is 0. The van der Waals surface area contributed by atoms with Gasteiger partial charge in [0.05, 0.1) is 0 Å². The minimum atomic E-state index is 0.375. The molecule has 0 aromatic carbocycles. The van der Waals surface area contributed by atoms with Gasteiger partial charge in [0.25, 0.3) is 0 Å². The van der Waals surface area contributed by atoms with Crippen LogP contribution in [0.3, 0.4) is 0 Å². The van der Waals surface area contributed by atoms with E-state index in [2.05, 4.69) is 27.5 Å². The van der Waals surface area contributed by atoms with E-state index in [1.807, 2.05) is 18.3 Å². The molecule has 1 rings (SSSR count). The quantitative estimate of drug-likeness (QED) is 0.308. The predicted molar refractivity (Wildman–Crippen MR) is 87.7 cm³/mol. The molecular formula is C14H23N5S. The van der Waals surface area contributed by atoms with Gasteiger partial charge in [-0.05, 0) is 36.7 Å². The Morgan fingerprint density at radius 1 is 1.45 bits per heavy atom. The number of unbranched alkanes of at least 4 members (excludes halogenated alkanes) is 2. The van der Waals surface area contributed by atoms with Gasteiger partial charge in [-0.3, -0.25) is 9.98 Å². The first-order valence-electron chi connectivity index (χ1n) is 6.96. The topological polar surface area (TPSA) is 75.3 Å². The van der Waals surface area contributed by atoms with Crippen molar-refractivity contribution in [3.63, 3.8) is 0 Å². The summed E-state index contributed by atoms with van der Waals surface area (Å²) >= 11 is 5.15. The van der Waals surface area contributed by atoms with Crippen LogP contribution in [0.25, 0.3) is 0 Å². The van der Waals surface area contributed by atoms with Crippen LogP contribution < -0.4 is 16.4 Å². The number of aromatic nitrogens is 1. The van der Waals surface area contributed by atoms with Gasteiger partial charge in [0.15, 0.2) is 11.1 Å². The van der Waals surface area contributed by atoms with Gasteiger partial charge >= 0.3 is 0 Å². The molecule has 1 heterocycles. The Hall–Kier alpha value is -1.69. The maximum Gasteiger partial charge on any atom is 0.194 e. The number of pyridine rings is 1. The summed E-state index contributed by atoms with van der Waals surface area (Å²) in [7, 11) is 0. The van der Waals surface area contributed by atoms with E-state index < -0.39 is 0 Å². The molecule has 20 heavy (non-hydrogen) atoms. The minimum Gasteiger partial charge on any atom is -0.370 e. The molecule has 0 fully saturated rings. The molecule has 4 N–H and O–H groups in total. The molecule has 0 aliphatic rings. The highest BCUT2D eigenvalue weighted by Crippen LogP contribution is 1.95. The predicted octanol–water partition coefficient (Wildman–Crippen LogP) is 1.59. The largest absolute Gasteiger partial charge is 0.370 e. The maximum absolute atomic E-state index is 5.74. The molecule has 0 radical (unpaired) electrons. The molecule has 0 aliphatic heterocycles. The van der Waals surface area contributed by atoms with Gasteiger partial charge in [0.1, 0.15) is 0 Å². The van der Waals surface area contributed by atoms with Gasteiger partial charge in [-0.25, -0.2) is 0 Å². The summed E-state index contributed by atoms with van der Waals surface area (Å²) in [6, 6.07) is 3.96. The number of hydrogen-bond donors (Lipinski definition) is 3. The zero-order chi connectivity index (χ0) is 14.6. The number of nitrogens with zero attached hydrogens (tertiary/aromatic N) is 2. The van der Waals surface area contributed by atoms with Gasteiger partial charge < -0.3 is 16.4 Å². The number of nitrogens with one attached hydrogen (secondary N) is 2. The normalized spacial score (nSPS) is 11.2. The number of guanidine groups is 1. The highest BCUT2D eigenvalue weighted by Gasteiger charge is 1.98. The van der Waals surface area contributed by atoms with Gasteiger partial charge in [-0.1, -0.05) is 25.8 Å². The molecule has 5 nitrogen and oxygen atoms in total. The van der Waals surface area contributed by atoms with Crippen molar-refractivity contribution >= 4 is 23.3 Å². The summed E-state index contributed by atoms with van der Waals surface area (Å²) in [5.41, 5.74) is 6.91. The van der Waals surface area contributed by atoms with Crippen molar-refractivity contribution < 1.29 is 0 Å². The van der Waals surface area contributed by atoms with Gasteiger partial charge in [-0.2, -0.15) is 0 Å². The van der Waals surface area contributed by atoms with Crippen LogP contribution in [0.2, 0.25) is 0 Å². The molecule has 0 spiro atoms. The van der Waals surface area contributed by atoms with Crippen molar-refractivity contribution in [1.29, 1.82) is 0 Å². The molecular weight excluding hydrogens is 270 g/mol. The van der Waals surface area contributed by atoms with Crippen LogP contribution in [0.15, 0.2) is 29.5 Å². The molecule has 0 unspecified atom stereocenters. The fraction of sp³-hybridized carbons (Fsp3) is 0.500. The fourth-order valence-electron chi connectivity index (χ4n) is 1.63. The summed E-state index contributed by atoms with van der Waals surface area (Å²) in [6.07, 6.45) is 7.88. The number of hydrogen-bond acceptors (Lipinski definition) is 3. The molecule has 1 aromatic rings. The van der Waals surface area contributed by atoms with Gasteiger partial charge in [-0.15, -0.1) is 0 Å². The molecule has 1 aromatic heterocycles. The van der Waals surface area contributed by atoms with E-state index >= 15 is 0 Å². The van der Waals surface area contributed by atoms with Crippen LogP contribution in [0, 0.1) is 0 Å². The second-order valence-corrected chi connectivity index (χ2v) is 4.87. The maximum atomic E-state index is 5.74. The zero-order valence-corrected chi connectivity index (χ0v) is 12.7. The van der Waals surface area contributed by atoms with Crippen LogP contribution in [0.5, 0.6) is 0 Å². The monoisotopic (exact) mass is 293 g/mol. The Morgan fingerprint density at radius 2 is 2.30 bits per heavy atom. The van der Waals surface area contributed by atoms with Crippen molar-refractivity contribution in [3.8, 4) is 0 Å². The first-order chi connectivity index (χ1) is 9.72. The van der Waals surface area contributed by atoms with E-state index in [0.29, 0.717) is 11.1 Å². The van der Waals surface area contributed by atoms with Gasteiger partial charge in [0.2, 0.25) is 0 Å². The first-order valence-corrected chi connectivity index (χ1v) is 7.37. The van der Waals surface area contributed by atoms with Crippen molar-refractivity contribution in [2.75, 3.05) is 13.1 Å².